The molecule has 8 nitrogen and oxygen atoms in total. The zero-order chi connectivity index (χ0) is 60.3. The van der Waals surface area contributed by atoms with Crippen molar-refractivity contribution in [1.82, 2.24) is 32.4 Å². The Bertz CT molecular complexity index is 6050. The number of para-hydroxylation sites is 8. The molecule has 0 amide bonds. The van der Waals surface area contributed by atoms with Crippen LogP contribution in [0.5, 0.6) is 0 Å². The van der Waals surface area contributed by atoms with Crippen LogP contribution in [0.2, 0.25) is 0 Å². The first-order valence-corrected chi connectivity index (χ1v) is 31.2. The van der Waals surface area contributed by atoms with E-state index >= 15 is 0 Å². The minimum atomic E-state index is 0.556. The van der Waals surface area contributed by atoms with Crippen LogP contribution >= 0.6 is 0 Å². The van der Waals surface area contributed by atoms with Crippen molar-refractivity contribution >= 4 is 131 Å². The van der Waals surface area contributed by atoms with Gasteiger partial charge in [0.2, 0.25) is 0 Å². The van der Waals surface area contributed by atoms with Gasteiger partial charge in [-0.25, -0.2) is 0 Å². The van der Waals surface area contributed by atoms with Crippen molar-refractivity contribution < 1.29 is 0 Å². The highest BCUT2D eigenvalue weighted by Crippen LogP contribution is 2.46. The van der Waals surface area contributed by atoms with Gasteiger partial charge in [0.25, 0.3) is 0 Å². The Hall–Kier alpha value is -12.7. The van der Waals surface area contributed by atoms with Crippen LogP contribution in [0.1, 0.15) is 5.56 Å². The number of hydrogen-bond donors (Lipinski definition) is 0. The summed E-state index contributed by atoms with van der Waals surface area (Å²) in [5.74, 6) is 0. The fourth-order valence-electron chi connectivity index (χ4n) is 15.7. The molecule has 0 fully saturated rings. The van der Waals surface area contributed by atoms with Gasteiger partial charge in [0.15, 0.2) is 0 Å². The van der Waals surface area contributed by atoms with Crippen LogP contribution in [-0.2, 0) is 0 Å². The van der Waals surface area contributed by atoms with Crippen LogP contribution in [-0.4, -0.2) is 32.4 Å². The molecule has 0 aliphatic heterocycles. The summed E-state index contributed by atoms with van der Waals surface area (Å²) in [7, 11) is 0. The summed E-state index contributed by atoms with van der Waals surface area (Å²) in [4.78, 5) is 4.97. The first kappa shape index (κ1) is 50.3. The van der Waals surface area contributed by atoms with E-state index in [1.165, 1.54) is 43.1 Å². The Kier molecular flexibility index (Phi) is 10.5. The minimum absolute atomic E-state index is 0.556. The smallest absolute Gasteiger partial charge is 0.0992 e. The van der Waals surface area contributed by atoms with E-state index in [9.17, 15) is 5.26 Å². The predicted molar refractivity (Wildman–Crippen MR) is 380 cm³/mol. The molecule has 0 spiro atoms. The van der Waals surface area contributed by atoms with E-state index in [0.29, 0.717) is 5.56 Å². The van der Waals surface area contributed by atoms with E-state index in [1.54, 1.807) is 0 Å². The van der Waals surface area contributed by atoms with Crippen LogP contribution in [0, 0.1) is 11.3 Å². The number of aromatic nitrogens is 7. The highest BCUT2D eigenvalue weighted by Gasteiger charge is 2.25. The molecule has 0 saturated heterocycles. The largest absolute Gasteiger partial charge is 0.309 e. The van der Waals surface area contributed by atoms with E-state index in [-0.39, 0.29) is 0 Å². The van der Waals surface area contributed by atoms with Gasteiger partial charge in [0.05, 0.1) is 89.2 Å². The zero-order valence-corrected chi connectivity index (χ0v) is 49.4. The number of nitriles is 1. The predicted octanol–water partition coefficient (Wildman–Crippen LogP) is 21.2. The molecule has 0 N–H and O–H groups in total. The van der Waals surface area contributed by atoms with Gasteiger partial charge in [0.1, 0.15) is 0 Å². The average Bonchev–Trinajstić information content (AvgIpc) is 1.57. The summed E-state index contributed by atoms with van der Waals surface area (Å²) in [6.45, 7) is 0. The second-order valence-electron chi connectivity index (χ2n) is 24.2. The molecule has 0 atom stereocenters. The van der Waals surface area contributed by atoms with Gasteiger partial charge >= 0.3 is 0 Å². The van der Waals surface area contributed by atoms with Gasteiger partial charge in [-0.05, 0) is 140 Å². The maximum Gasteiger partial charge on any atom is 0.0992 e. The van der Waals surface area contributed by atoms with Gasteiger partial charge in [-0.15, -0.1) is 0 Å². The van der Waals surface area contributed by atoms with Crippen molar-refractivity contribution in [2.45, 2.75) is 0 Å². The fourth-order valence-corrected chi connectivity index (χ4v) is 15.7. The number of nitrogens with zero attached hydrogens (tertiary/aromatic N) is 8. The molecule has 7 aromatic heterocycles. The molecule has 20 aromatic rings. The molecule has 13 aromatic carbocycles. The third kappa shape index (κ3) is 7.01. The topological polar surface area (TPSA) is 66.3 Å². The molecule has 0 unspecified atom stereocenters. The molecule has 8 heteroatoms. The Balaban J connectivity index is 0.847. The van der Waals surface area contributed by atoms with Gasteiger partial charge in [-0.2, -0.15) is 5.26 Å². The Labute approximate surface area is 526 Å². The van der Waals surface area contributed by atoms with Crippen LogP contribution in [0.25, 0.3) is 176 Å². The maximum absolute atomic E-state index is 11.0. The Morgan fingerprint density at radius 3 is 0.793 bits per heavy atom. The number of benzene rings is 13. The summed E-state index contributed by atoms with van der Waals surface area (Å²) >= 11 is 0. The normalized spacial score (nSPS) is 12.1. The van der Waals surface area contributed by atoms with Crippen molar-refractivity contribution in [2.24, 2.45) is 0 Å². The van der Waals surface area contributed by atoms with Crippen molar-refractivity contribution in [3.8, 4) is 51.3 Å². The van der Waals surface area contributed by atoms with Gasteiger partial charge in [-0.3, -0.25) is 4.98 Å². The summed E-state index contributed by atoms with van der Waals surface area (Å²) in [5, 5.41) is 25.1. The maximum atomic E-state index is 11.0. The monoisotopic (exact) mass is 1170 g/mol. The minimum Gasteiger partial charge on any atom is -0.309 e. The summed E-state index contributed by atoms with van der Waals surface area (Å²) in [6, 6.07) is 108. The van der Waals surface area contributed by atoms with Crippen LogP contribution in [0.4, 0.5) is 0 Å². The van der Waals surface area contributed by atoms with Crippen LogP contribution in [0.3, 0.4) is 0 Å². The summed E-state index contributed by atoms with van der Waals surface area (Å²) in [5.41, 5.74) is 21.9. The molecule has 0 aliphatic rings. The molecule has 0 saturated carbocycles. The van der Waals surface area contributed by atoms with E-state index in [1.807, 2.05) is 18.5 Å². The molecule has 20 rings (SSSR count). The quantitative estimate of drug-likeness (QED) is 0.160. The molecule has 0 aliphatic carbocycles. The van der Waals surface area contributed by atoms with Crippen LogP contribution in [0.15, 0.2) is 304 Å². The highest BCUT2D eigenvalue weighted by molar-refractivity contribution is 6.17. The molecule has 0 bridgehead atoms. The van der Waals surface area contributed by atoms with Crippen molar-refractivity contribution in [3.05, 3.63) is 309 Å². The molecular formula is C84H50N8. The van der Waals surface area contributed by atoms with Crippen molar-refractivity contribution in [1.29, 1.82) is 5.26 Å². The lowest BCUT2D eigenvalue weighted by atomic mass is 10.0. The lowest BCUT2D eigenvalue weighted by Crippen LogP contribution is -2.03. The average molecular weight is 1170 g/mol. The number of pyridine rings is 1. The van der Waals surface area contributed by atoms with E-state index in [4.69, 9.17) is 4.98 Å². The lowest BCUT2D eigenvalue weighted by molar-refractivity contribution is 1.13. The lowest BCUT2D eigenvalue weighted by Gasteiger charge is -2.19. The zero-order valence-electron chi connectivity index (χ0n) is 49.4. The number of rotatable bonds is 7. The molecule has 92 heavy (non-hydrogen) atoms. The summed E-state index contributed by atoms with van der Waals surface area (Å²) in [6.07, 6.45) is 3.91. The molecule has 0 radical (unpaired) electrons. The second-order valence-corrected chi connectivity index (χ2v) is 24.2. The first-order valence-electron chi connectivity index (χ1n) is 31.2. The highest BCUT2D eigenvalue weighted by atomic mass is 15.0. The summed E-state index contributed by atoms with van der Waals surface area (Å²) < 4.78 is 14.4. The molecule has 7 heterocycles. The number of hydrogen-bond acceptors (Lipinski definition) is 2. The SMILES string of the molecule is N#Cc1ccc(-c2cnccc2-n2c3ccc(-n4c5ccccc5c5ccccc54)cc3c3cc(-n4c5ccccc5c5ccccc54)ccc32)c(-n2c3ccc(-n4c5ccccc5c5ccccc54)cc3c3cc(-n4c5ccccc5c5ccccc54)ccc32)c1. The van der Waals surface area contributed by atoms with Crippen molar-refractivity contribution in [3.63, 3.8) is 0 Å². The Morgan fingerprint density at radius 1 is 0.228 bits per heavy atom. The third-order valence-electron chi connectivity index (χ3n) is 19.5. The Morgan fingerprint density at radius 2 is 0.500 bits per heavy atom. The third-order valence-corrected chi connectivity index (χ3v) is 19.5. The van der Waals surface area contributed by atoms with Gasteiger partial charge < -0.3 is 27.4 Å². The van der Waals surface area contributed by atoms with Crippen LogP contribution < -0.4 is 0 Å². The van der Waals surface area contributed by atoms with E-state index in [2.05, 4.69) is 319 Å². The molecular weight excluding hydrogens is 1120 g/mol. The second kappa shape index (κ2) is 19.2. The molecule has 426 valence electrons. The fraction of sp³-hybridized carbons (Fsp3) is 0. The van der Waals surface area contributed by atoms with Gasteiger partial charge in [0, 0.05) is 111 Å². The standard InChI is InChI=1S/C84H50N8/c85-50-52-33-38-65(84(45-52)92-81-41-36-55(89-75-29-13-5-21-61(75)62-22-6-14-30-76(62)89)48-68(81)69-49-56(37-42-82(69)92)90-77-31-15-7-23-63(77)64-24-8-16-32-78(64)90)70-51-86-44-43-83(70)91-79-39-34-53(87-71-25-9-1-17-57(71)58-18-2-10-26-72(58)87)46-66(79)67-47-54(35-40-80(67)91)88-73-27-11-3-19-59(73)60-20-4-12-28-74(60)88/h1-49,51H. The van der Waals surface area contributed by atoms with Gasteiger partial charge in [-0.1, -0.05) is 152 Å². The van der Waals surface area contributed by atoms with E-state index < -0.39 is 0 Å². The van der Waals surface area contributed by atoms with E-state index in [0.717, 1.165) is 133 Å². The first-order chi connectivity index (χ1) is 45.6. The number of fused-ring (bicyclic) bond motifs is 18. The van der Waals surface area contributed by atoms with Crippen molar-refractivity contribution in [2.75, 3.05) is 0 Å².